The maximum atomic E-state index is 10.1. The fourth-order valence-electron chi connectivity index (χ4n) is 5.79. The van der Waals surface area contributed by atoms with E-state index in [2.05, 4.69) is 51.7 Å². The van der Waals surface area contributed by atoms with E-state index < -0.39 is 0 Å². The lowest BCUT2D eigenvalue weighted by molar-refractivity contribution is 0.137. The first kappa shape index (κ1) is 20.6. The summed E-state index contributed by atoms with van der Waals surface area (Å²) in [7, 11) is 0. The predicted molar refractivity (Wildman–Crippen MR) is 117 cm³/mol. The Balaban J connectivity index is 1.69. The summed E-state index contributed by atoms with van der Waals surface area (Å²) in [6.07, 6.45) is 21.5. The van der Waals surface area contributed by atoms with Crippen molar-refractivity contribution in [1.82, 2.24) is 0 Å². The molecule has 0 spiro atoms. The third kappa shape index (κ3) is 4.67. The van der Waals surface area contributed by atoms with Crippen LogP contribution in [-0.4, -0.2) is 11.2 Å². The second-order valence-corrected chi connectivity index (χ2v) is 9.89. The molecule has 0 aliphatic heterocycles. The SMILES string of the molecule is C=C1/C(=C\C=C2/CCCC3(C)C(C/C=C\CC(C)C)CCC23)CCCC1O. The number of fused-ring (bicyclic) bond motifs is 1. The number of aliphatic hydroxyl groups is 1. The first-order valence-electron chi connectivity index (χ1n) is 11.3. The van der Waals surface area contributed by atoms with Crippen molar-refractivity contribution in [1.29, 1.82) is 0 Å². The van der Waals surface area contributed by atoms with Crippen molar-refractivity contribution in [2.45, 2.75) is 91.1 Å². The zero-order chi connectivity index (χ0) is 19.4. The van der Waals surface area contributed by atoms with Crippen molar-refractivity contribution in [2.24, 2.45) is 23.2 Å². The van der Waals surface area contributed by atoms with Gasteiger partial charge in [-0.15, -0.1) is 0 Å². The van der Waals surface area contributed by atoms with Crippen molar-refractivity contribution in [3.8, 4) is 0 Å². The average molecular weight is 369 g/mol. The van der Waals surface area contributed by atoms with Crippen molar-refractivity contribution in [3.63, 3.8) is 0 Å². The third-order valence-corrected chi connectivity index (χ3v) is 7.59. The second kappa shape index (κ2) is 8.95. The van der Waals surface area contributed by atoms with E-state index in [1.807, 2.05) is 0 Å². The normalized spacial score (nSPS) is 37.7. The molecule has 0 radical (unpaired) electrons. The molecule has 0 bridgehead atoms. The van der Waals surface area contributed by atoms with Crippen LogP contribution in [0.15, 0.2) is 47.6 Å². The summed E-state index contributed by atoms with van der Waals surface area (Å²) in [4.78, 5) is 0. The molecule has 0 aromatic rings. The maximum absolute atomic E-state index is 10.1. The van der Waals surface area contributed by atoms with Gasteiger partial charge in [-0.2, -0.15) is 0 Å². The highest BCUT2D eigenvalue weighted by atomic mass is 16.3. The quantitative estimate of drug-likeness (QED) is 0.511. The topological polar surface area (TPSA) is 20.2 Å². The first-order valence-corrected chi connectivity index (χ1v) is 11.3. The fourth-order valence-corrected chi connectivity index (χ4v) is 5.79. The van der Waals surface area contributed by atoms with E-state index >= 15 is 0 Å². The standard InChI is InChI=1S/C26H40O/c1-19(2)9-5-6-12-23-16-17-24-22(11-8-18-26(23,24)4)15-14-21-10-7-13-25(27)20(21)3/h5-6,14-15,19,23-25,27H,3,7-13,16-18H2,1-2,4H3/b6-5-,21-14-,22-15+. The summed E-state index contributed by atoms with van der Waals surface area (Å²) in [5.41, 5.74) is 4.38. The van der Waals surface area contributed by atoms with Crippen LogP contribution in [0.25, 0.3) is 0 Å². The number of hydrogen-bond donors (Lipinski definition) is 1. The zero-order valence-electron chi connectivity index (χ0n) is 17.8. The lowest BCUT2D eigenvalue weighted by atomic mass is 9.63. The maximum Gasteiger partial charge on any atom is 0.0787 e. The molecule has 27 heavy (non-hydrogen) atoms. The smallest absolute Gasteiger partial charge is 0.0787 e. The molecule has 0 aromatic carbocycles. The van der Waals surface area contributed by atoms with Crippen molar-refractivity contribution < 1.29 is 5.11 Å². The lowest BCUT2D eigenvalue weighted by Gasteiger charge is -2.42. The molecule has 150 valence electrons. The first-order chi connectivity index (χ1) is 12.9. The number of aliphatic hydroxyl groups excluding tert-OH is 1. The Hall–Kier alpha value is -1.08. The van der Waals surface area contributed by atoms with E-state index in [0.29, 0.717) is 5.41 Å². The number of allylic oxidation sites excluding steroid dienone is 5. The Morgan fingerprint density at radius 1 is 1.11 bits per heavy atom. The van der Waals surface area contributed by atoms with Gasteiger partial charge in [0.2, 0.25) is 0 Å². The molecule has 3 fully saturated rings. The molecule has 3 aliphatic carbocycles. The van der Waals surface area contributed by atoms with Crippen LogP contribution in [0.4, 0.5) is 0 Å². The van der Waals surface area contributed by atoms with Crippen LogP contribution < -0.4 is 0 Å². The molecule has 3 saturated carbocycles. The van der Waals surface area contributed by atoms with Gasteiger partial charge in [0.05, 0.1) is 6.10 Å². The van der Waals surface area contributed by atoms with Gasteiger partial charge in [-0.05, 0) is 98.5 Å². The molecule has 3 aliphatic rings. The summed E-state index contributed by atoms with van der Waals surface area (Å²) in [6.45, 7) is 11.3. The van der Waals surface area contributed by atoms with Crippen LogP contribution in [0.1, 0.15) is 85.0 Å². The highest BCUT2D eigenvalue weighted by molar-refractivity contribution is 5.37. The van der Waals surface area contributed by atoms with Gasteiger partial charge in [0.25, 0.3) is 0 Å². The molecule has 4 unspecified atom stereocenters. The molecule has 4 atom stereocenters. The van der Waals surface area contributed by atoms with Gasteiger partial charge in [-0.25, -0.2) is 0 Å². The molecule has 0 heterocycles. The van der Waals surface area contributed by atoms with Gasteiger partial charge < -0.3 is 5.11 Å². The molecule has 0 aromatic heterocycles. The Kier molecular flexibility index (Phi) is 6.84. The highest BCUT2D eigenvalue weighted by Gasteiger charge is 2.48. The molecule has 3 rings (SSSR count). The summed E-state index contributed by atoms with van der Waals surface area (Å²) >= 11 is 0. The van der Waals surface area contributed by atoms with E-state index in [0.717, 1.165) is 42.6 Å². The number of rotatable bonds is 5. The van der Waals surface area contributed by atoms with Gasteiger partial charge >= 0.3 is 0 Å². The van der Waals surface area contributed by atoms with Crippen LogP contribution in [0.2, 0.25) is 0 Å². The van der Waals surface area contributed by atoms with Crippen LogP contribution in [0, 0.1) is 23.2 Å². The van der Waals surface area contributed by atoms with E-state index in [1.54, 1.807) is 5.57 Å². The van der Waals surface area contributed by atoms with Crippen molar-refractivity contribution in [2.75, 3.05) is 0 Å². The van der Waals surface area contributed by atoms with E-state index in [1.165, 1.54) is 50.5 Å². The monoisotopic (exact) mass is 368 g/mol. The number of hydrogen-bond acceptors (Lipinski definition) is 1. The average Bonchev–Trinajstić information content (AvgIpc) is 2.96. The Morgan fingerprint density at radius 2 is 1.93 bits per heavy atom. The van der Waals surface area contributed by atoms with Gasteiger partial charge in [0.15, 0.2) is 0 Å². The summed E-state index contributed by atoms with van der Waals surface area (Å²) < 4.78 is 0. The summed E-state index contributed by atoms with van der Waals surface area (Å²) in [5, 5.41) is 10.1. The molecule has 1 N–H and O–H groups in total. The fraction of sp³-hybridized carbons (Fsp3) is 0.692. The second-order valence-electron chi connectivity index (χ2n) is 9.89. The van der Waals surface area contributed by atoms with E-state index in [4.69, 9.17) is 0 Å². The highest BCUT2D eigenvalue weighted by Crippen LogP contribution is 2.58. The predicted octanol–water partition coefficient (Wildman–Crippen LogP) is 7.15. The van der Waals surface area contributed by atoms with Gasteiger partial charge in [0.1, 0.15) is 0 Å². The van der Waals surface area contributed by atoms with Crippen LogP contribution >= 0.6 is 0 Å². The molecule has 1 nitrogen and oxygen atoms in total. The Labute approximate surface area is 167 Å². The molecular weight excluding hydrogens is 328 g/mol. The van der Waals surface area contributed by atoms with Gasteiger partial charge in [0, 0.05) is 0 Å². The minimum absolute atomic E-state index is 0.325. The summed E-state index contributed by atoms with van der Waals surface area (Å²) in [6, 6.07) is 0. The third-order valence-electron chi connectivity index (χ3n) is 7.59. The molecular formula is C26H40O. The van der Waals surface area contributed by atoms with Crippen LogP contribution in [0.3, 0.4) is 0 Å². The van der Waals surface area contributed by atoms with E-state index in [-0.39, 0.29) is 6.10 Å². The van der Waals surface area contributed by atoms with Crippen molar-refractivity contribution in [3.05, 3.63) is 47.6 Å². The minimum Gasteiger partial charge on any atom is -0.388 e. The minimum atomic E-state index is -0.325. The molecule has 0 saturated heterocycles. The molecule has 1 heteroatoms. The Morgan fingerprint density at radius 3 is 2.70 bits per heavy atom. The van der Waals surface area contributed by atoms with E-state index in [9.17, 15) is 5.11 Å². The Bertz CT molecular complexity index is 620. The largest absolute Gasteiger partial charge is 0.388 e. The van der Waals surface area contributed by atoms with Crippen LogP contribution in [0.5, 0.6) is 0 Å². The zero-order valence-corrected chi connectivity index (χ0v) is 17.8. The van der Waals surface area contributed by atoms with Gasteiger partial charge in [-0.1, -0.05) is 57.2 Å². The van der Waals surface area contributed by atoms with Crippen molar-refractivity contribution >= 4 is 0 Å². The lowest BCUT2D eigenvalue weighted by Crippen LogP contribution is -2.33. The summed E-state index contributed by atoms with van der Waals surface area (Å²) in [5.74, 6) is 2.36. The van der Waals surface area contributed by atoms with Crippen LogP contribution in [-0.2, 0) is 0 Å². The van der Waals surface area contributed by atoms with Gasteiger partial charge in [-0.3, -0.25) is 0 Å². The molecule has 0 amide bonds.